The summed E-state index contributed by atoms with van der Waals surface area (Å²) in [5.41, 5.74) is 5.78. The average molecular weight is 351 g/mol. The van der Waals surface area contributed by atoms with Crippen molar-refractivity contribution in [3.63, 3.8) is 0 Å². The van der Waals surface area contributed by atoms with Crippen LogP contribution in [0.5, 0.6) is 0 Å². The molecule has 2 aromatic carbocycles. The summed E-state index contributed by atoms with van der Waals surface area (Å²) in [5.74, 6) is 0.951. The predicted molar refractivity (Wildman–Crippen MR) is 109 cm³/mol. The van der Waals surface area contributed by atoms with Crippen molar-refractivity contribution in [1.82, 2.24) is 4.98 Å². The Balaban J connectivity index is 1.69. The summed E-state index contributed by atoms with van der Waals surface area (Å²) < 4.78 is 0. The molecule has 0 saturated carbocycles. The van der Waals surface area contributed by atoms with Gasteiger partial charge in [-0.05, 0) is 41.2 Å². The summed E-state index contributed by atoms with van der Waals surface area (Å²) in [4.78, 5) is 7.25. The van der Waals surface area contributed by atoms with E-state index in [1.165, 1.54) is 16.7 Å². The van der Waals surface area contributed by atoms with Crippen LogP contribution >= 0.6 is 0 Å². The van der Waals surface area contributed by atoms with Gasteiger partial charge in [-0.3, -0.25) is 0 Å². The van der Waals surface area contributed by atoms with Crippen molar-refractivity contribution < 1.29 is 0 Å². The summed E-state index contributed by atoms with van der Waals surface area (Å²) >= 11 is 0. The molecule has 0 radical (unpaired) electrons. The smallest absolute Gasteiger partial charge is 0.129 e. The van der Waals surface area contributed by atoms with Crippen molar-refractivity contribution in [1.29, 1.82) is 5.26 Å². The quantitative estimate of drug-likeness (QED) is 0.597. The first-order valence-electron chi connectivity index (χ1n) is 9.25. The maximum atomic E-state index is 9.06. The lowest BCUT2D eigenvalue weighted by atomic mass is 10.1. The van der Waals surface area contributed by atoms with Gasteiger partial charge in [-0.15, -0.1) is 0 Å². The van der Waals surface area contributed by atoms with Gasteiger partial charge >= 0.3 is 0 Å². The van der Waals surface area contributed by atoms with Gasteiger partial charge in [-0.25, -0.2) is 4.98 Å². The Morgan fingerprint density at radius 3 is 2.07 bits per heavy atom. The molecule has 1 aliphatic rings. The number of allylic oxidation sites excluding steroid dienone is 2. The number of aryl methyl sites for hydroxylation is 1. The van der Waals surface area contributed by atoms with Gasteiger partial charge in [-0.2, -0.15) is 5.26 Å². The lowest BCUT2D eigenvalue weighted by molar-refractivity contribution is 0.782. The number of nitrogens with zero attached hydrogens (tertiary/aromatic N) is 3. The summed E-state index contributed by atoms with van der Waals surface area (Å²) in [6.45, 7) is 1.58. The molecule has 0 unspecified atom stereocenters. The lowest BCUT2D eigenvalue weighted by Crippen LogP contribution is -2.23. The first-order chi connectivity index (χ1) is 13.3. The van der Waals surface area contributed by atoms with E-state index in [0.717, 1.165) is 43.0 Å². The van der Waals surface area contributed by atoms with E-state index in [1.54, 1.807) is 6.08 Å². The lowest BCUT2D eigenvalue weighted by Gasteiger charge is -2.25. The molecule has 0 N–H and O–H groups in total. The van der Waals surface area contributed by atoms with Gasteiger partial charge in [0.2, 0.25) is 0 Å². The van der Waals surface area contributed by atoms with Crippen LogP contribution < -0.4 is 4.90 Å². The van der Waals surface area contributed by atoms with Crippen molar-refractivity contribution in [2.45, 2.75) is 25.9 Å². The van der Waals surface area contributed by atoms with E-state index in [0.29, 0.717) is 0 Å². The zero-order valence-electron chi connectivity index (χ0n) is 15.2. The minimum absolute atomic E-state index is 0.790. The summed E-state index contributed by atoms with van der Waals surface area (Å²) in [6, 6.07) is 27.4. The standard InChI is InChI=1S/C24H21N3/c25-16-15-22-12-11-21-13-14-23(26-24(21)22)27(17-19-7-3-1-4-8-19)18-20-9-5-2-6-10-20/h1-10,13-15H,11-12,17-18H2. The molecule has 0 fully saturated rings. The normalized spacial score (nSPS) is 14.0. The number of nitriles is 1. The Labute approximate surface area is 160 Å². The van der Waals surface area contributed by atoms with E-state index in [1.807, 2.05) is 12.1 Å². The number of hydrogen-bond acceptors (Lipinski definition) is 3. The number of benzene rings is 2. The maximum absolute atomic E-state index is 9.06. The van der Waals surface area contributed by atoms with Crippen LogP contribution in [0, 0.1) is 11.3 Å². The summed E-state index contributed by atoms with van der Waals surface area (Å²) in [5, 5.41) is 9.06. The molecule has 132 valence electrons. The molecule has 3 heteroatoms. The summed E-state index contributed by atoms with van der Waals surface area (Å²) in [6.07, 6.45) is 3.51. The Morgan fingerprint density at radius 1 is 0.852 bits per heavy atom. The number of rotatable bonds is 5. The molecular weight excluding hydrogens is 330 g/mol. The third-order valence-electron chi connectivity index (χ3n) is 4.93. The highest BCUT2D eigenvalue weighted by atomic mass is 15.2. The van der Waals surface area contributed by atoms with E-state index in [2.05, 4.69) is 71.6 Å². The van der Waals surface area contributed by atoms with Crippen LogP contribution in [-0.4, -0.2) is 4.98 Å². The van der Waals surface area contributed by atoms with Crippen molar-refractivity contribution in [3.05, 3.63) is 101 Å². The Morgan fingerprint density at radius 2 is 1.48 bits per heavy atom. The second-order valence-corrected chi connectivity index (χ2v) is 6.80. The molecule has 0 atom stereocenters. The van der Waals surface area contributed by atoms with Crippen molar-refractivity contribution in [2.75, 3.05) is 4.90 Å². The SMILES string of the molecule is N#CC=C1CCc2ccc(N(Cc3ccccc3)Cc3ccccc3)nc21. The highest BCUT2D eigenvalue weighted by Crippen LogP contribution is 2.32. The van der Waals surface area contributed by atoms with Crippen LogP contribution in [0.1, 0.15) is 28.8 Å². The van der Waals surface area contributed by atoms with Gasteiger partial charge in [0.15, 0.2) is 0 Å². The number of hydrogen-bond donors (Lipinski definition) is 0. The zero-order valence-corrected chi connectivity index (χ0v) is 15.2. The minimum atomic E-state index is 0.790. The Hall–Kier alpha value is -3.38. The first-order valence-corrected chi connectivity index (χ1v) is 9.25. The Kier molecular flexibility index (Phi) is 4.98. The molecule has 27 heavy (non-hydrogen) atoms. The molecule has 0 amide bonds. The van der Waals surface area contributed by atoms with Crippen molar-refractivity contribution in [3.8, 4) is 6.07 Å². The third-order valence-corrected chi connectivity index (χ3v) is 4.93. The highest BCUT2D eigenvalue weighted by Gasteiger charge is 2.20. The molecule has 0 bridgehead atoms. The van der Waals surface area contributed by atoms with E-state index in [9.17, 15) is 0 Å². The van der Waals surface area contributed by atoms with Crippen LogP contribution in [-0.2, 0) is 19.5 Å². The van der Waals surface area contributed by atoms with Crippen LogP contribution in [0.3, 0.4) is 0 Å². The van der Waals surface area contributed by atoms with Gasteiger partial charge in [0.1, 0.15) is 5.82 Å². The highest BCUT2D eigenvalue weighted by molar-refractivity contribution is 5.72. The fourth-order valence-corrected chi connectivity index (χ4v) is 3.57. The van der Waals surface area contributed by atoms with Crippen LogP contribution in [0.2, 0.25) is 0 Å². The van der Waals surface area contributed by atoms with Crippen molar-refractivity contribution in [2.24, 2.45) is 0 Å². The van der Waals surface area contributed by atoms with Gasteiger partial charge in [-0.1, -0.05) is 66.7 Å². The molecule has 0 aliphatic heterocycles. The van der Waals surface area contributed by atoms with E-state index < -0.39 is 0 Å². The van der Waals surface area contributed by atoms with Gasteiger partial charge in [0.25, 0.3) is 0 Å². The third kappa shape index (κ3) is 3.91. The van der Waals surface area contributed by atoms with Crippen LogP contribution in [0.15, 0.2) is 78.9 Å². The first kappa shape index (κ1) is 17.1. The molecule has 3 nitrogen and oxygen atoms in total. The second kappa shape index (κ2) is 7.88. The number of pyridine rings is 1. The molecule has 3 aromatic rings. The van der Waals surface area contributed by atoms with E-state index in [4.69, 9.17) is 10.2 Å². The fraction of sp³-hybridized carbons (Fsp3) is 0.167. The van der Waals surface area contributed by atoms with Crippen LogP contribution in [0.25, 0.3) is 5.57 Å². The molecule has 1 heterocycles. The monoisotopic (exact) mass is 351 g/mol. The maximum Gasteiger partial charge on any atom is 0.129 e. The predicted octanol–water partition coefficient (Wildman–Crippen LogP) is 5.14. The number of aromatic nitrogens is 1. The minimum Gasteiger partial charge on any atom is -0.348 e. The average Bonchev–Trinajstić information content (AvgIpc) is 3.12. The number of anilines is 1. The van der Waals surface area contributed by atoms with Gasteiger partial charge < -0.3 is 4.90 Å². The van der Waals surface area contributed by atoms with E-state index in [-0.39, 0.29) is 0 Å². The van der Waals surface area contributed by atoms with Crippen molar-refractivity contribution >= 4 is 11.4 Å². The largest absolute Gasteiger partial charge is 0.348 e. The molecule has 4 rings (SSSR count). The molecule has 1 aliphatic carbocycles. The second-order valence-electron chi connectivity index (χ2n) is 6.80. The Bertz CT molecular complexity index is 944. The molecule has 0 saturated heterocycles. The topological polar surface area (TPSA) is 39.9 Å². The van der Waals surface area contributed by atoms with E-state index >= 15 is 0 Å². The zero-order chi connectivity index (χ0) is 18.5. The molecular formula is C24H21N3. The number of fused-ring (bicyclic) bond motifs is 1. The van der Waals surface area contributed by atoms with Gasteiger partial charge in [0, 0.05) is 19.2 Å². The fourth-order valence-electron chi connectivity index (χ4n) is 3.57. The summed E-state index contributed by atoms with van der Waals surface area (Å²) in [7, 11) is 0. The molecule has 0 spiro atoms. The molecule has 1 aromatic heterocycles. The van der Waals surface area contributed by atoms with Gasteiger partial charge in [0.05, 0.1) is 11.8 Å². The van der Waals surface area contributed by atoms with Crippen LogP contribution in [0.4, 0.5) is 5.82 Å².